The largest absolute Gasteiger partial charge is 0.492 e. The summed E-state index contributed by atoms with van der Waals surface area (Å²) in [6.07, 6.45) is 10.9. The second-order valence-electron chi connectivity index (χ2n) is 7.27. The predicted molar refractivity (Wildman–Crippen MR) is 114 cm³/mol. The number of fused-ring (bicyclic) bond motifs is 1. The highest BCUT2D eigenvalue weighted by Gasteiger charge is 2.23. The van der Waals surface area contributed by atoms with Crippen molar-refractivity contribution in [3.8, 4) is 5.75 Å². The van der Waals surface area contributed by atoms with Gasteiger partial charge in [-0.15, -0.1) is 0 Å². The number of nitrogens with one attached hydrogen (secondary N) is 1. The van der Waals surface area contributed by atoms with Crippen molar-refractivity contribution in [2.75, 3.05) is 13.2 Å². The number of imidazole rings is 1. The molecule has 1 N–H and O–H groups in total. The van der Waals surface area contributed by atoms with Gasteiger partial charge in [0.2, 0.25) is 0 Å². The molecule has 1 fully saturated rings. The first kappa shape index (κ1) is 18.3. The topological polar surface area (TPSA) is 56.4 Å². The smallest absolute Gasteiger partial charge is 0.137 e. The van der Waals surface area contributed by atoms with Crippen molar-refractivity contribution >= 4 is 17.6 Å². The van der Waals surface area contributed by atoms with E-state index in [1.54, 1.807) is 11.9 Å². The summed E-state index contributed by atoms with van der Waals surface area (Å²) in [5.74, 6) is 1.64. The Bertz CT molecular complexity index is 1090. The second kappa shape index (κ2) is 8.31. The van der Waals surface area contributed by atoms with E-state index in [2.05, 4.69) is 38.7 Å². The minimum Gasteiger partial charge on any atom is -0.492 e. The van der Waals surface area contributed by atoms with Crippen LogP contribution in [0.2, 0.25) is 0 Å². The lowest BCUT2D eigenvalue weighted by molar-refractivity contribution is 0.324. The molecule has 0 saturated heterocycles. The summed E-state index contributed by atoms with van der Waals surface area (Å²) in [6, 6.07) is 14.2. The van der Waals surface area contributed by atoms with Crippen LogP contribution in [0.1, 0.15) is 30.0 Å². The summed E-state index contributed by atoms with van der Waals surface area (Å²) >= 11 is 1.57. The first-order chi connectivity index (χ1) is 14.3. The zero-order valence-corrected chi connectivity index (χ0v) is 16.9. The molecule has 0 atom stereocenters. The van der Waals surface area contributed by atoms with Crippen molar-refractivity contribution in [1.82, 2.24) is 23.9 Å². The summed E-state index contributed by atoms with van der Waals surface area (Å²) < 4.78 is 13.0. The van der Waals surface area contributed by atoms with Gasteiger partial charge in [0.1, 0.15) is 18.0 Å². The minimum absolute atomic E-state index is 0.620. The monoisotopic (exact) mass is 405 g/mol. The van der Waals surface area contributed by atoms with E-state index in [1.807, 2.05) is 47.4 Å². The van der Waals surface area contributed by atoms with Crippen molar-refractivity contribution in [3.63, 3.8) is 0 Å². The zero-order chi connectivity index (χ0) is 19.5. The fourth-order valence-corrected chi connectivity index (χ4v) is 3.93. The summed E-state index contributed by atoms with van der Waals surface area (Å²) in [6.45, 7) is 2.04. The molecule has 1 aliphatic rings. The van der Waals surface area contributed by atoms with Gasteiger partial charge in [-0.25, -0.2) is 4.98 Å². The molecule has 148 valence electrons. The highest BCUT2D eigenvalue weighted by Crippen LogP contribution is 2.39. The molecule has 1 saturated carbocycles. The van der Waals surface area contributed by atoms with Gasteiger partial charge < -0.3 is 9.14 Å². The molecule has 0 bridgehead atoms. The summed E-state index contributed by atoms with van der Waals surface area (Å²) in [5.41, 5.74) is 3.43. The third-order valence-electron chi connectivity index (χ3n) is 4.91. The van der Waals surface area contributed by atoms with Gasteiger partial charge in [-0.3, -0.25) is 9.40 Å². The van der Waals surface area contributed by atoms with Gasteiger partial charge in [0, 0.05) is 25.1 Å². The second-order valence-corrected chi connectivity index (χ2v) is 8.23. The van der Waals surface area contributed by atoms with Crippen LogP contribution in [0.3, 0.4) is 0 Å². The highest BCUT2D eigenvalue weighted by atomic mass is 32.2. The van der Waals surface area contributed by atoms with Gasteiger partial charge >= 0.3 is 0 Å². The lowest BCUT2D eigenvalue weighted by Crippen LogP contribution is -2.14. The average Bonchev–Trinajstić information content (AvgIpc) is 3.38. The Hall–Kier alpha value is -2.77. The normalized spacial score (nSPS) is 13.8. The number of benzene rings is 1. The van der Waals surface area contributed by atoms with Gasteiger partial charge in [0.25, 0.3) is 0 Å². The Kier molecular flexibility index (Phi) is 5.23. The molecular formula is C22H23N5OS. The fraction of sp³-hybridized carbons (Fsp3) is 0.273. The maximum atomic E-state index is 5.68. The number of para-hydroxylation sites is 1. The molecule has 7 heteroatoms. The third-order valence-corrected chi connectivity index (χ3v) is 5.71. The molecule has 1 aliphatic carbocycles. The Labute approximate surface area is 174 Å². The van der Waals surface area contributed by atoms with Gasteiger partial charge in [-0.1, -0.05) is 24.3 Å². The molecular weight excluding hydrogens is 382 g/mol. The zero-order valence-electron chi connectivity index (χ0n) is 16.1. The SMILES string of the molecule is c1ccc(OCCNSc2cnn(Cc3cn4cc(C5CC5)ccc4n3)c2)cc1. The standard InChI is InChI=1S/C22H23N5OS/c1-2-4-20(5-3-1)28-11-10-24-29-21-12-23-27(16-21)15-19-14-26-13-18(17-6-7-17)8-9-22(26)25-19/h1-5,8-9,12-14,16-17,24H,6-7,10-11,15H2. The molecule has 3 aromatic heterocycles. The maximum Gasteiger partial charge on any atom is 0.137 e. The Morgan fingerprint density at radius 1 is 1.07 bits per heavy atom. The third kappa shape index (κ3) is 4.63. The Balaban J connectivity index is 1.12. The van der Waals surface area contributed by atoms with E-state index < -0.39 is 0 Å². The molecule has 0 spiro atoms. The van der Waals surface area contributed by atoms with E-state index in [0.29, 0.717) is 13.2 Å². The van der Waals surface area contributed by atoms with Crippen molar-refractivity contribution in [2.45, 2.75) is 30.2 Å². The molecule has 3 heterocycles. The summed E-state index contributed by atoms with van der Waals surface area (Å²) in [4.78, 5) is 5.79. The van der Waals surface area contributed by atoms with Crippen molar-refractivity contribution in [2.24, 2.45) is 0 Å². The van der Waals surface area contributed by atoms with E-state index in [1.165, 1.54) is 18.4 Å². The quantitative estimate of drug-likeness (QED) is 0.335. The first-order valence-electron chi connectivity index (χ1n) is 9.91. The highest BCUT2D eigenvalue weighted by molar-refractivity contribution is 7.97. The van der Waals surface area contributed by atoms with Crippen LogP contribution < -0.4 is 9.46 Å². The average molecular weight is 406 g/mol. The Morgan fingerprint density at radius 3 is 2.83 bits per heavy atom. The van der Waals surface area contributed by atoms with E-state index in [-0.39, 0.29) is 0 Å². The van der Waals surface area contributed by atoms with Gasteiger partial charge in [0.05, 0.1) is 23.3 Å². The number of hydrogen-bond acceptors (Lipinski definition) is 5. The van der Waals surface area contributed by atoms with Crippen LogP contribution in [-0.4, -0.2) is 32.3 Å². The molecule has 0 amide bonds. The number of hydrogen-bond donors (Lipinski definition) is 1. The molecule has 4 aromatic rings. The number of pyridine rings is 1. The number of rotatable bonds is 9. The molecule has 0 unspecified atom stereocenters. The molecule has 0 radical (unpaired) electrons. The Morgan fingerprint density at radius 2 is 1.97 bits per heavy atom. The van der Waals surface area contributed by atoms with Crippen LogP contribution in [0.5, 0.6) is 5.75 Å². The van der Waals surface area contributed by atoms with Crippen LogP contribution in [0.25, 0.3) is 5.65 Å². The van der Waals surface area contributed by atoms with E-state index >= 15 is 0 Å². The minimum atomic E-state index is 0.620. The maximum absolute atomic E-state index is 5.68. The van der Waals surface area contributed by atoms with Gasteiger partial charge in [0.15, 0.2) is 0 Å². The van der Waals surface area contributed by atoms with E-state index in [9.17, 15) is 0 Å². The van der Waals surface area contributed by atoms with Crippen LogP contribution in [0, 0.1) is 0 Å². The van der Waals surface area contributed by atoms with Crippen molar-refractivity contribution in [3.05, 3.63) is 78.5 Å². The van der Waals surface area contributed by atoms with Crippen molar-refractivity contribution in [1.29, 1.82) is 0 Å². The van der Waals surface area contributed by atoms with Gasteiger partial charge in [-0.05, 0) is 54.5 Å². The summed E-state index contributed by atoms with van der Waals surface area (Å²) in [7, 11) is 0. The molecule has 1 aromatic carbocycles. The van der Waals surface area contributed by atoms with Gasteiger partial charge in [-0.2, -0.15) is 5.10 Å². The van der Waals surface area contributed by atoms with Crippen LogP contribution in [0.15, 0.2) is 72.1 Å². The van der Waals surface area contributed by atoms with Crippen LogP contribution in [0.4, 0.5) is 0 Å². The number of aromatic nitrogens is 4. The van der Waals surface area contributed by atoms with Crippen molar-refractivity contribution < 1.29 is 4.74 Å². The van der Waals surface area contributed by atoms with E-state index in [4.69, 9.17) is 9.72 Å². The lowest BCUT2D eigenvalue weighted by atomic mass is 10.2. The predicted octanol–water partition coefficient (Wildman–Crippen LogP) is 4.13. The van der Waals surface area contributed by atoms with Crippen LogP contribution >= 0.6 is 11.9 Å². The number of ether oxygens (including phenoxy) is 1. The fourth-order valence-electron chi connectivity index (χ4n) is 3.31. The van der Waals surface area contributed by atoms with E-state index in [0.717, 1.165) is 34.4 Å². The first-order valence-corrected chi connectivity index (χ1v) is 10.7. The number of nitrogens with zero attached hydrogens (tertiary/aromatic N) is 4. The summed E-state index contributed by atoms with van der Waals surface area (Å²) in [5, 5.41) is 4.46. The molecule has 6 nitrogen and oxygen atoms in total. The van der Waals surface area contributed by atoms with Crippen LogP contribution in [-0.2, 0) is 6.54 Å². The lowest BCUT2D eigenvalue weighted by Gasteiger charge is -2.05. The molecule has 29 heavy (non-hydrogen) atoms. The molecule has 0 aliphatic heterocycles. The molecule has 5 rings (SSSR count).